The minimum Gasteiger partial charge on any atom is -0.390 e. The van der Waals surface area contributed by atoms with Crippen LogP contribution in [0.5, 0.6) is 0 Å². The molecule has 0 amide bonds. The molecule has 3 rings (SSSR count). The average molecular weight is 350 g/mol. The molecule has 0 spiro atoms. The fourth-order valence-electron chi connectivity index (χ4n) is 3.04. The van der Waals surface area contributed by atoms with Gasteiger partial charge in [0.15, 0.2) is 5.76 Å². The van der Waals surface area contributed by atoms with Crippen LogP contribution in [0, 0.1) is 0 Å². The van der Waals surface area contributed by atoms with E-state index in [0.29, 0.717) is 22.9 Å². The molecule has 0 saturated heterocycles. The van der Waals surface area contributed by atoms with Crippen LogP contribution in [0.15, 0.2) is 22.9 Å². The predicted octanol–water partition coefficient (Wildman–Crippen LogP) is 4.62. The fraction of sp³-hybridized carbons (Fsp3) is 0.556. The van der Waals surface area contributed by atoms with Gasteiger partial charge >= 0.3 is 0 Å². The Hall–Kier alpha value is -1.59. The van der Waals surface area contributed by atoms with Crippen LogP contribution in [0.2, 0.25) is 5.15 Å². The Morgan fingerprint density at radius 2 is 2.04 bits per heavy atom. The first kappa shape index (κ1) is 17.2. The maximum atomic E-state index is 10.1. The quantitative estimate of drug-likeness (QED) is 0.788. The number of aliphatic hydroxyl groups is 1. The number of pyridine rings is 1. The molecule has 2 aromatic heterocycles. The Kier molecular flexibility index (Phi) is 4.83. The van der Waals surface area contributed by atoms with E-state index < -0.39 is 5.60 Å². The molecule has 1 fully saturated rings. The molecule has 130 valence electrons. The van der Waals surface area contributed by atoms with Gasteiger partial charge in [0.25, 0.3) is 0 Å². The second-order valence-corrected chi connectivity index (χ2v) is 7.63. The van der Waals surface area contributed by atoms with E-state index in [1.807, 2.05) is 19.1 Å². The van der Waals surface area contributed by atoms with Crippen molar-refractivity contribution in [3.63, 3.8) is 0 Å². The lowest BCUT2D eigenvalue weighted by Gasteiger charge is -2.34. The van der Waals surface area contributed by atoms with Crippen LogP contribution in [0.3, 0.4) is 0 Å². The summed E-state index contributed by atoms with van der Waals surface area (Å²) >= 11 is 6.09. The van der Waals surface area contributed by atoms with Crippen molar-refractivity contribution in [2.75, 3.05) is 5.32 Å². The Morgan fingerprint density at radius 3 is 2.67 bits per heavy atom. The van der Waals surface area contributed by atoms with Crippen LogP contribution < -0.4 is 5.32 Å². The van der Waals surface area contributed by atoms with Gasteiger partial charge in [-0.2, -0.15) is 0 Å². The average Bonchev–Trinajstić information content (AvgIpc) is 2.99. The SMILES string of the molecule is CC(C)c1cc(-c2cnc(Cl)cc2NC2CCC(C)(O)CC2)on1. The van der Waals surface area contributed by atoms with Crippen molar-refractivity contribution in [2.24, 2.45) is 0 Å². The van der Waals surface area contributed by atoms with Gasteiger partial charge in [0.2, 0.25) is 0 Å². The van der Waals surface area contributed by atoms with Gasteiger partial charge in [-0.3, -0.25) is 0 Å². The van der Waals surface area contributed by atoms with Crippen LogP contribution >= 0.6 is 11.6 Å². The Morgan fingerprint density at radius 1 is 1.33 bits per heavy atom. The first-order chi connectivity index (χ1) is 11.3. The van der Waals surface area contributed by atoms with Crippen molar-refractivity contribution in [2.45, 2.75) is 64.0 Å². The molecule has 0 unspecified atom stereocenters. The number of nitrogens with one attached hydrogen (secondary N) is 1. The summed E-state index contributed by atoms with van der Waals surface area (Å²) in [5.74, 6) is 0.993. The van der Waals surface area contributed by atoms with Gasteiger partial charge in [-0.05, 0) is 44.6 Å². The first-order valence-electron chi connectivity index (χ1n) is 8.45. The van der Waals surface area contributed by atoms with Crippen LogP contribution in [-0.2, 0) is 0 Å². The standard InChI is InChI=1S/C18H24ClN3O2/c1-11(2)14-8-16(24-22-14)13-10-20-17(19)9-15(13)21-12-4-6-18(3,23)7-5-12/h8-12,23H,4-7H2,1-3H3,(H,20,21). The van der Waals surface area contributed by atoms with E-state index >= 15 is 0 Å². The molecule has 6 heteroatoms. The van der Waals surface area contributed by atoms with E-state index in [2.05, 4.69) is 29.3 Å². The molecule has 1 aliphatic rings. The highest BCUT2D eigenvalue weighted by molar-refractivity contribution is 6.29. The Balaban J connectivity index is 1.83. The van der Waals surface area contributed by atoms with E-state index in [0.717, 1.165) is 42.6 Å². The number of hydrogen-bond acceptors (Lipinski definition) is 5. The summed E-state index contributed by atoms with van der Waals surface area (Å²) in [6, 6.07) is 4.07. The molecule has 0 bridgehead atoms. The molecule has 0 aromatic carbocycles. The summed E-state index contributed by atoms with van der Waals surface area (Å²) in [7, 11) is 0. The summed E-state index contributed by atoms with van der Waals surface area (Å²) in [6.07, 6.45) is 5.13. The number of aromatic nitrogens is 2. The van der Waals surface area contributed by atoms with Gasteiger partial charge in [0.1, 0.15) is 5.15 Å². The maximum Gasteiger partial charge on any atom is 0.170 e. The minimum atomic E-state index is -0.548. The first-order valence-corrected chi connectivity index (χ1v) is 8.83. The molecule has 1 aliphatic carbocycles. The Bertz CT molecular complexity index is 702. The Labute approximate surface area is 147 Å². The topological polar surface area (TPSA) is 71.2 Å². The molecule has 24 heavy (non-hydrogen) atoms. The van der Waals surface area contributed by atoms with Crippen molar-refractivity contribution < 1.29 is 9.63 Å². The van der Waals surface area contributed by atoms with E-state index in [1.165, 1.54) is 0 Å². The van der Waals surface area contributed by atoms with Crippen LogP contribution in [0.1, 0.15) is 58.1 Å². The number of hydrogen-bond donors (Lipinski definition) is 2. The number of anilines is 1. The van der Waals surface area contributed by atoms with Gasteiger partial charge in [-0.25, -0.2) is 4.98 Å². The normalized spacial score (nSPS) is 24.3. The molecule has 0 atom stereocenters. The highest BCUT2D eigenvalue weighted by Crippen LogP contribution is 2.34. The van der Waals surface area contributed by atoms with Crippen molar-refractivity contribution in [3.8, 4) is 11.3 Å². The largest absolute Gasteiger partial charge is 0.390 e. The molecule has 5 nitrogen and oxygen atoms in total. The van der Waals surface area contributed by atoms with E-state index in [1.54, 1.807) is 6.20 Å². The van der Waals surface area contributed by atoms with Crippen molar-refractivity contribution in [1.82, 2.24) is 10.1 Å². The lowest BCUT2D eigenvalue weighted by atomic mass is 9.83. The van der Waals surface area contributed by atoms with Crippen LogP contribution in [0.4, 0.5) is 5.69 Å². The summed E-state index contributed by atoms with van der Waals surface area (Å²) in [5, 5.41) is 18.2. The monoisotopic (exact) mass is 349 g/mol. The minimum absolute atomic E-state index is 0.301. The zero-order valence-corrected chi connectivity index (χ0v) is 15.1. The molecule has 2 heterocycles. The number of nitrogens with zero attached hydrogens (tertiary/aromatic N) is 2. The van der Waals surface area contributed by atoms with E-state index in [9.17, 15) is 5.11 Å². The molecule has 1 saturated carbocycles. The third-order valence-electron chi connectivity index (χ3n) is 4.68. The molecular formula is C18H24ClN3O2. The van der Waals surface area contributed by atoms with Crippen LogP contribution in [0.25, 0.3) is 11.3 Å². The van der Waals surface area contributed by atoms with E-state index in [4.69, 9.17) is 16.1 Å². The number of halogens is 1. The summed E-state index contributed by atoms with van der Waals surface area (Å²) in [5.41, 5.74) is 2.12. The maximum absolute atomic E-state index is 10.1. The fourth-order valence-corrected chi connectivity index (χ4v) is 3.20. The van der Waals surface area contributed by atoms with E-state index in [-0.39, 0.29) is 0 Å². The molecule has 2 N–H and O–H groups in total. The van der Waals surface area contributed by atoms with Crippen LogP contribution in [-0.4, -0.2) is 26.9 Å². The van der Waals surface area contributed by atoms with Gasteiger partial charge in [-0.15, -0.1) is 0 Å². The van der Waals surface area contributed by atoms with Crippen molar-refractivity contribution in [3.05, 3.63) is 29.2 Å². The van der Waals surface area contributed by atoms with Gasteiger partial charge in [0, 0.05) is 18.3 Å². The zero-order chi connectivity index (χ0) is 17.3. The van der Waals surface area contributed by atoms with Gasteiger partial charge in [0.05, 0.1) is 22.5 Å². The summed E-state index contributed by atoms with van der Waals surface area (Å²) in [6.45, 7) is 6.06. The third kappa shape index (κ3) is 3.90. The number of rotatable bonds is 4. The second kappa shape index (κ2) is 6.73. The van der Waals surface area contributed by atoms with Gasteiger partial charge in [-0.1, -0.05) is 30.6 Å². The molecular weight excluding hydrogens is 326 g/mol. The molecule has 0 radical (unpaired) electrons. The smallest absolute Gasteiger partial charge is 0.170 e. The highest BCUT2D eigenvalue weighted by Gasteiger charge is 2.29. The lowest BCUT2D eigenvalue weighted by Crippen LogP contribution is -2.35. The molecule has 2 aromatic rings. The summed E-state index contributed by atoms with van der Waals surface area (Å²) in [4.78, 5) is 4.18. The van der Waals surface area contributed by atoms with Crippen molar-refractivity contribution >= 4 is 17.3 Å². The predicted molar refractivity (Wildman–Crippen MR) is 95.3 cm³/mol. The lowest BCUT2D eigenvalue weighted by molar-refractivity contribution is 0.0196. The van der Waals surface area contributed by atoms with Gasteiger partial charge < -0.3 is 14.9 Å². The zero-order valence-electron chi connectivity index (χ0n) is 14.3. The second-order valence-electron chi connectivity index (χ2n) is 7.24. The van der Waals surface area contributed by atoms with Crippen molar-refractivity contribution in [1.29, 1.82) is 0 Å². The highest BCUT2D eigenvalue weighted by atomic mass is 35.5. The summed E-state index contributed by atoms with van der Waals surface area (Å²) < 4.78 is 5.50. The third-order valence-corrected chi connectivity index (χ3v) is 4.89. The molecule has 0 aliphatic heterocycles.